The molecule has 1 heterocycles. The average Bonchev–Trinajstić information content (AvgIpc) is 3.03. The SMILES string of the molecule is CCN(CC(=O)Nc1cc(C(C)(C)C)nn1-c1ccccc1C)C(=O)[C@H](C)Cl. The van der Waals surface area contributed by atoms with Gasteiger partial charge in [0, 0.05) is 18.0 Å². The van der Waals surface area contributed by atoms with Gasteiger partial charge in [-0.3, -0.25) is 9.59 Å². The lowest BCUT2D eigenvalue weighted by Gasteiger charge is -2.21. The minimum Gasteiger partial charge on any atom is -0.332 e. The molecule has 0 aliphatic heterocycles. The van der Waals surface area contributed by atoms with Crippen LogP contribution < -0.4 is 5.32 Å². The molecule has 0 radical (unpaired) electrons. The molecule has 1 N–H and O–H groups in total. The predicted octanol–water partition coefficient (Wildman–Crippen LogP) is 3.89. The predicted molar refractivity (Wildman–Crippen MR) is 113 cm³/mol. The summed E-state index contributed by atoms with van der Waals surface area (Å²) >= 11 is 5.88. The maximum atomic E-state index is 12.6. The molecule has 0 unspecified atom stereocenters. The zero-order valence-electron chi connectivity index (χ0n) is 17.4. The summed E-state index contributed by atoms with van der Waals surface area (Å²) in [6.45, 7) is 12.0. The smallest absolute Gasteiger partial charge is 0.245 e. The van der Waals surface area contributed by atoms with Crippen molar-refractivity contribution in [3.05, 3.63) is 41.6 Å². The number of carbonyl (C=O) groups is 2. The standard InChI is InChI=1S/C21H29ClN4O2/c1-7-25(20(28)15(3)22)13-19(27)23-18-12-17(21(4,5)6)24-26(18)16-11-9-8-10-14(16)2/h8-12,15H,7,13H2,1-6H3,(H,23,27)/t15-/m0/s1. The minimum absolute atomic E-state index is 0.0593. The van der Waals surface area contributed by atoms with Gasteiger partial charge in [-0.15, -0.1) is 11.6 Å². The highest BCUT2D eigenvalue weighted by atomic mass is 35.5. The van der Waals surface area contributed by atoms with E-state index in [-0.39, 0.29) is 23.8 Å². The van der Waals surface area contributed by atoms with Crippen LogP contribution in [0.15, 0.2) is 30.3 Å². The second-order valence-electron chi connectivity index (χ2n) is 7.88. The number of aromatic nitrogens is 2. The lowest BCUT2D eigenvalue weighted by atomic mass is 9.92. The van der Waals surface area contributed by atoms with E-state index < -0.39 is 5.38 Å². The second-order valence-corrected chi connectivity index (χ2v) is 8.53. The molecule has 0 fully saturated rings. The van der Waals surface area contributed by atoms with Crippen LogP contribution in [0.25, 0.3) is 5.69 Å². The summed E-state index contributed by atoms with van der Waals surface area (Å²) in [4.78, 5) is 26.2. The van der Waals surface area contributed by atoms with Crippen molar-refractivity contribution >= 4 is 29.2 Å². The number of para-hydroxylation sites is 1. The molecule has 28 heavy (non-hydrogen) atoms. The van der Waals surface area contributed by atoms with Gasteiger partial charge in [0.05, 0.1) is 17.9 Å². The lowest BCUT2D eigenvalue weighted by molar-refractivity contribution is -0.133. The second kappa shape index (κ2) is 8.78. The van der Waals surface area contributed by atoms with Gasteiger partial charge < -0.3 is 10.2 Å². The molecule has 1 atom stereocenters. The molecule has 2 rings (SSSR count). The van der Waals surface area contributed by atoms with Crippen LogP contribution in [0.2, 0.25) is 0 Å². The lowest BCUT2D eigenvalue weighted by Crippen LogP contribution is -2.41. The van der Waals surface area contributed by atoms with Crippen LogP contribution in [0, 0.1) is 6.92 Å². The van der Waals surface area contributed by atoms with Crippen molar-refractivity contribution in [1.29, 1.82) is 0 Å². The van der Waals surface area contributed by atoms with E-state index in [1.54, 1.807) is 11.6 Å². The summed E-state index contributed by atoms with van der Waals surface area (Å²) in [5.74, 6) is 0.0245. The van der Waals surface area contributed by atoms with Crippen LogP contribution in [0.4, 0.5) is 5.82 Å². The van der Waals surface area contributed by atoms with E-state index in [1.807, 2.05) is 44.2 Å². The molecule has 152 valence electrons. The van der Waals surface area contributed by atoms with Gasteiger partial charge in [-0.05, 0) is 32.4 Å². The van der Waals surface area contributed by atoms with E-state index in [4.69, 9.17) is 16.7 Å². The molecule has 1 aromatic heterocycles. The van der Waals surface area contributed by atoms with Crippen LogP contribution in [-0.2, 0) is 15.0 Å². The van der Waals surface area contributed by atoms with E-state index in [9.17, 15) is 9.59 Å². The number of hydrogen-bond donors (Lipinski definition) is 1. The molecule has 0 saturated heterocycles. The van der Waals surface area contributed by atoms with Gasteiger partial charge in [0.2, 0.25) is 11.8 Å². The summed E-state index contributed by atoms with van der Waals surface area (Å²) in [5, 5.41) is 6.97. The Hall–Kier alpha value is -2.34. The molecule has 0 spiro atoms. The quantitative estimate of drug-likeness (QED) is 0.742. The van der Waals surface area contributed by atoms with Crippen molar-refractivity contribution in [3.63, 3.8) is 0 Å². The van der Waals surface area contributed by atoms with Gasteiger partial charge in [0.15, 0.2) is 0 Å². The largest absolute Gasteiger partial charge is 0.332 e. The first-order valence-electron chi connectivity index (χ1n) is 9.43. The number of anilines is 1. The van der Waals surface area contributed by atoms with E-state index in [1.165, 1.54) is 4.90 Å². The number of hydrogen-bond acceptors (Lipinski definition) is 3. The molecule has 1 aromatic carbocycles. The highest BCUT2D eigenvalue weighted by Crippen LogP contribution is 2.27. The zero-order valence-corrected chi connectivity index (χ0v) is 18.2. The summed E-state index contributed by atoms with van der Waals surface area (Å²) < 4.78 is 1.75. The van der Waals surface area contributed by atoms with Crippen LogP contribution in [0.3, 0.4) is 0 Å². The molecular weight excluding hydrogens is 376 g/mol. The summed E-state index contributed by atoms with van der Waals surface area (Å²) in [6.07, 6.45) is 0. The fourth-order valence-electron chi connectivity index (χ4n) is 2.77. The van der Waals surface area contributed by atoms with Crippen LogP contribution >= 0.6 is 11.6 Å². The van der Waals surface area contributed by atoms with Gasteiger partial charge >= 0.3 is 0 Å². The topological polar surface area (TPSA) is 67.2 Å². The van der Waals surface area contributed by atoms with E-state index in [2.05, 4.69) is 26.1 Å². The Morgan fingerprint density at radius 1 is 1.29 bits per heavy atom. The molecule has 6 nitrogen and oxygen atoms in total. The fraction of sp³-hybridized carbons (Fsp3) is 0.476. The van der Waals surface area contributed by atoms with Crippen LogP contribution in [0.5, 0.6) is 0 Å². The summed E-state index contributed by atoms with van der Waals surface area (Å²) in [5.41, 5.74) is 2.63. The Morgan fingerprint density at radius 3 is 2.46 bits per heavy atom. The molecule has 2 aromatic rings. The molecule has 2 amide bonds. The first kappa shape index (κ1) is 22.0. The number of nitrogens with one attached hydrogen (secondary N) is 1. The third-order valence-corrected chi connectivity index (χ3v) is 4.64. The van der Waals surface area contributed by atoms with Gasteiger partial charge in [-0.25, -0.2) is 4.68 Å². The van der Waals surface area contributed by atoms with E-state index in [0.717, 1.165) is 16.9 Å². The van der Waals surface area contributed by atoms with Crippen molar-refractivity contribution < 1.29 is 9.59 Å². The van der Waals surface area contributed by atoms with Crippen LogP contribution in [0.1, 0.15) is 45.9 Å². The Balaban J connectivity index is 2.34. The first-order valence-corrected chi connectivity index (χ1v) is 9.87. The van der Waals surface area contributed by atoms with Gasteiger partial charge in [0.25, 0.3) is 0 Å². The van der Waals surface area contributed by atoms with Crippen molar-refractivity contribution in [2.45, 2.75) is 52.3 Å². The molecule has 0 aliphatic carbocycles. The number of aryl methyl sites for hydroxylation is 1. The maximum Gasteiger partial charge on any atom is 0.245 e. The number of amides is 2. The number of rotatable bonds is 6. The molecule has 7 heteroatoms. The van der Waals surface area contributed by atoms with Crippen molar-refractivity contribution in [2.75, 3.05) is 18.4 Å². The van der Waals surface area contributed by atoms with E-state index in [0.29, 0.717) is 12.4 Å². The Morgan fingerprint density at radius 2 is 1.93 bits per heavy atom. The molecular formula is C21H29ClN4O2. The van der Waals surface area contributed by atoms with Gasteiger partial charge in [0.1, 0.15) is 11.2 Å². The van der Waals surface area contributed by atoms with E-state index >= 15 is 0 Å². The number of alkyl halides is 1. The fourth-order valence-corrected chi connectivity index (χ4v) is 2.91. The van der Waals surface area contributed by atoms with Crippen molar-refractivity contribution in [1.82, 2.24) is 14.7 Å². The minimum atomic E-state index is -0.669. The van der Waals surface area contributed by atoms with Crippen molar-refractivity contribution in [3.8, 4) is 5.69 Å². The third kappa shape index (κ3) is 5.13. The number of carbonyl (C=O) groups excluding carboxylic acids is 2. The molecule has 0 aliphatic rings. The first-order chi connectivity index (χ1) is 13.0. The van der Waals surface area contributed by atoms with Gasteiger partial charge in [-0.2, -0.15) is 5.10 Å². The number of halogens is 1. The molecule has 0 bridgehead atoms. The molecule has 0 saturated carbocycles. The average molecular weight is 405 g/mol. The maximum absolute atomic E-state index is 12.6. The summed E-state index contributed by atoms with van der Waals surface area (Å²) in [6, 6.07) is 9.74. The Labute approximate surface area is 171 Å². The van der Waals surface area contributed by atoms with Crippen LogP contribution in [-0.4, -0.2) is 45.0 Å². The number of nitrogens with zero attached hydrogens (tertiary/aromatic N) is 3. The van der Waals surface area contributed by atoms with Crippen molar-refractivity contribution in [2.24, 2.45) is 0 Å². The highest BCUT2D eigenvalue weighted by molar-refractivity contribution is 6.30. The zero-order chi connectivity index (χ0) is 21.1. The Bertz CT molecular complexity index is 852. The normalized spacial score (nSPS) is 12.5. The Kier molecular flexibility index (Phi) is 6.88. The highest BCUT2D eigenvalue weighted by Gasteiger charge is 2.24. The van der Waals surface area contributed by atoms with Gasteiger partial charge in [-0.1, -0.05) is 39.0 Å². The summed E-state index contributed by atoms with van der Waals surface area (Å²) in [7, 11) is 0. The third-order valence-electron chi connectivity index (χ3n) is 4.46. The number of likely N-dealkylation sites (N-methyl/N-ethyl adjacent to an activating group) is 1. The monoisotopic (exact) mass is 404 g/mol. The number of benzene rings is 1.